The van der Waals surface area contributed by atoms with Gasteiger partial charge in [-0.1, -0.05) is 17.7 Å². The molecule has 0 atom stereocenters. The minimum absolute atomic E-state index is 0.256. The zero-order valence-electron chi connectivity index (χ0n) is 9.71. The molecule has 1 aromatic carbocycles. The van der Waals surface area contributed by atoms with Crippen molar-refractivity contribution in [2.45, 2.75) is 11.4 Å². The summed E-state index contributed by atoms with van der Waals surface area (Å²) >= 11 is 7.29. The first-order valence-electron chi connectivity index (χ1n) is 5.24. The Balaban J connectivity index is 2.22. The van der Waals surface area contributed by atoms with Crippen molar-refractivity contribution in [1.82, 2.24) is 4.31 Å². The second-order valence-corrected chi connectivity index (χ2v) is 7.31. The molecule has 0 bridgehead atoms. The maximum atomic E-state index is 12.3. The Bertz CT molecular complexity index is 606. The van der Waals surface area contributed by atoms with E-state index < -0.39 is 10.0 Å². The molecule has 0 aliphatic rings. The van der Waals surface area contributed by atoms with Crippen molar-refractivity contribution in [2.24, 2.45) is 0 Å². The molecular formula is C12H12ClNO2S2. The quantitative estimate of drug-likeness (QED) is 0.869. The van der Waals surface area contributed by atoms with Crippen LogP contribution in [0.2, 0.25) is 5.02 Å². The summed E-state index contributed by atoms with van der Waals surface area (Å²) in [7, 11) is -1.88. The van der Waals surface area contributed by atoms with Crippen molar-refractivity contribution in [3.63, 3.8) is 0 Å². The zero-order chi connectivity index (χ0) is 13.2. The Labute approximate surface area is 116 Å². The van der Waals surface area contributed by atoms with Gasteiger partial charge in [0.15, 0.2) is 0 Å². The molecule has 0 amide bonds. The fourth-order valence-electron chi connectivity index (χ4n) is 1.49. The number of halogens is 1. The summed E-state index contributed by atoms with van der Waals surface area (Å²) in [5.74, 6) is 0. The van der Waals surface area contributed by atoms with Crippen LogP contribution in [0.15, 0.2) is 46.7 Å². The molecule has 0 radical (unpaired) electrons. The summed E-state index contributed by atoms with van der Waals surface area (Å²) in [6.45, 7) is 0.378. The van der Waals surface area contributed by atoms with Gasteiger partial charge in [0.05, 0.1) is 4.90 Å². The number of benzene rings is 1. The van der Waals surface area contributed by atoms with Crippen LogP contribution in [0.1, 0.15) is 4.88 Å². The smallest absolute Gasteiger partial charge is 0.207 e. The van der Waals surface area contributed by atoms with Gasteiger partial charge in [-0.05, 0) is 35.7 Å². The molecule has 0 saturated carbocycles. The van der Waals surface area contributed by atoms with Gasteiger partial charge in [0.1, 0.15) is 0 Å². The standard InChI is InChI=1S/C12H12ClNO2S2/c1-14(9-11-3-2-8-17-11)18(15,16)12-6-4-10(13)5-7-12/h2-8H,9H2,1H3. The van der Waals surface area contributed by atoms with Gasteiger partial charge in [-0.25, -0.2) is 8.42 Å². The van der Waals surface area contributed by atoms with E-state index in [9.17, 15) is 8.42 Å². The first-order valence-corrected chi connectivity index (χ1v) is 7.94. The topological polar surface area (TPSA) is 37.4 Å². The highest BCUT2D eigenvalue weighted by Crippen LogP contribution is 2.20. The summed E-state index contributed by atoms with van der Waals surface area (Å²) in [5.41, 5.74) is 0. The van der Waals surface area contributed by atoms with E-state index in [0.717, 1.165) is 4.88 Å². The van der Waals surface area contributed by atoms with Crippen LogP contribution in [0.3, 0.4) is 0 Å². The molecule has 1 aromatic heterocycles. The zero-order valence-corrected chi connectivity index (χ0v) is 12.1. The van der Waals surface area contributed by atoms with Crippen LogP contribution in [0.25, 0.3) is 0 Å². The van der Waals surface area contributed by atoms with Crippen molar-refractivity contribution in [3.8, 4) is 0 Å². The van der Waals surface area contributed by atoms with Crippen LogP contribution in [0.4, 0.5) is 0 Å². The average molecular weight is 302 g/mol. The first kappa shape index (κ1) is 13.5. The lowest BCUT2D eigenvalue weighted by atomic mass is 10.4. The molecule has 2 aromatic rings. The Morgan fingerprint density at radius 3 is 2.44 bits per heavy atom. The molecule has 0 N–H and O–H groups in total. The van der Waals surface area contributed by atoms with E-state index in [2.05, 4.69) is 0 Å². The molecule has 6 heteroatoms. The summed E-state index contributed by atoms with van der Waals surface area (Å²) in [6, 6.07) is 10.0. The third-order valence-corrected chi connectivity index (χ3v) is 5.41. The lowest BCUT2D eigenvalue weighted by Crippen LogP contribution is -2.26. The second-order valence-electron chi connectivity index (χ2n) is 3.79. The van der Waals surface area contributed by atoms with Gasteiger partial charge in [-0.15, -0.1) is 11.3 Å². The molecule has 0 unspecified atom stereocenters. The van der Waals surface area contributed by atoms with Gasteiger partial charge in [0.2, 0.25) is 10.0 Å². The Morgan fingerprint density at radius 1 is 1.22 bits per heavy atom. The molecule has 0 aliphatic heterocycles. The molecule has 0 fully saturated rings. The van der Waals surface area contributed by atoms with E-state index >= 15 is 0 Å². The minimum atomic E-state index is -3.45. The number of rotatable bonds is 4. The number of hydrogen-bond acceptors (Lipinski definition) is 3. The molecule has 96 valence electrons. The minimum Gasteiger partial charge on any atom is -0.207 e. The summed E-state index contributed by atoms with van der Waals surface area (Å²) in [6.07, 6.45) is 0. The van der Waals surface area contributed by atoms with E-state index in [1.165, 1.54) is 27.8 Å². The first-order chi connectivity index (χ1) is 8.50. The number of thiophene rings is 1. The van der Waals surface area contributed by atoms with Crippen molar-refractivity contribution >= 4 is 33.0 Å². The molecule has 0 saturated heterocycles. The van der Waals surface area contributed by atoms with Crippen molar-refractivity contribution in [3.05, 3.63) is 51.7 Å². The van der Waals surface area contributed by atoms with Gasteiger partial charge >= 0.3 is 0 Å². The lowest BCUT2D eigenvalue weighted by Gasteiger charge is -2.16. The van der Waals surface area contributed by atoms with Crippen LogP contribution in [0, 0.1) is 0 Å². The largest absolute Gasteiger partial charge is 0.243 e. The third kappa shape index (κ3) is 2.92. The van der Waals surface area contributed by atoms with E-state index in [1.807, 2.05) is 17.5 Å². The van der Waals surface area contributed by atoms with Crippen LogP contribution >= 0.6 is 22.9 Å². The molecule has 0 spiro atoms. The molecule has 3 nitrogen and oxygen atoms in total. The summed E-state index contributed by atoms with van der Waals surface area (Å²) in [4.78, 5) is 1.26. The van der Waals surface area contributed by atoms with Crippen molar-refractivity contribution < 1.29 is 8.42 Å². The summed E-state index contributed by atoms with van der Waals surface area (Å²) in [5, 5.41) is 2.45. The highest BCUT2D eigenvalue weighted by atomic mass is 35.5. The van der Waals surface area contributed by atoms with Crippen LogP contribution in [-0.2, 0) is 16.6 Å². The predicted molar refractivity (Wildman–Crippen MR) is 74.4 cm³/mol. The Kier molecular flexibility index (Phi) is 4.07. The van der Waals surface area contributed by atoms with Gasteiger partial charge in [-0.3, -0.25) is 0 Å². The number of sulfonamides is 1. The van der Waals surface area contributed by atoms with Crippen LogP contribution < -0.4 is 0 Å². The van der Waals surface area contributed by atoms with E-state index in [1.54, 1.807) is 19.2 Å². The molecule has 0 aliphatic carbocycles. The van der Waals surface area contributed by atoms with Gasteiger partial charge in [0.25, 0.3) is 0 Å². The monoisotopic (exact) mass is 301 g/mol. The highest BCUT2D eigenvalue weighted by Gasteiger charge is 2.20. The predicted octanol–water partition coefficient (Wildman–Crippen LogP) is 3.22. The van der Waals surface area contributed by atoms with E-state index in [0.29, 0.717) is 11.6 Å². The highest BCUT2D eigenvalue weighted by molar-refractivity contribution is 7.89. The Morgan fingerprint density at radius 2 is 1.89 bits per heavy atom. The van der Waals surface area contributed by atoms with Crippen molar-refractivity contribution in [2.75, 3.05) is 7.05 Å². The fraction of sp³-hybridized carbons (Fsp3) is 0.167. The molecule has 1 heterocycles. The van der Waals surface area contributed by atoms with Crippen LogP contribution in [-0.4, -0.2) is 19.8 Å². The summed E-state index contributed by atoms with van der Waals surface area (Å²) < 4.78 is 25.8. The Hall–Kier alpha value is -0.880. The molecular weight excluding hydrogens is 290 g/mol. The van der Waals surface area contributed by atoms with Gasteiger partial charge in [-0.2, -0.15) is 4.31 Å². The van der Waals surface area contributed by atoms with Crippen molar-refractivity contribution in [1.29, 1.82) is 0 Å². The van der Waals surface area contributed by atoms with Gasteiger partial charge in [0, 0.05) is 23.5 Å². The van der Waals surface area contributed by atoms with Crippen LogP contribution in [0.5, 0.6) is 0 Å². The average Bonchev–Trinajstić information content (AvgIpc) is 2.82. The third-order valence-electron chi connectivity index (χ3n) is 2.48. The normalized spacial score (nSPS) is 11.9. The SMILES string of the molecule is CN(Cc1cccs1)S(=O)(=O)c1ccc(Cl)cc1. The fourth-order valence-corrected chi connectivity index (χ4v) is 3.61. The van der Waals surface area contributed by atoms with E-state index in [4.69, 9.17) is 11.6 Å². The van der Waals surface area contributed by atoms with E-state index in [-0.39, 0.29) is 4.90 Å². The maximum Gasteiger partial charge on any atom is 0.243 e. The number of nitrogens with zero attached hydrogens (tertiary/aromatic N) is 1. The molecule has 2 rings (SSSR count). The van der Waals surface area contributed by atoms with Gasteiger partial charge < -0.3 is 0 Å². The lowest BCUT2D eigenvalue weighted by molar-refractivity contribution is 0.469. The number of hydrogen-bond donors (Lipinski definition) is 0. The maximum absolute atomic E-state index is 12.3. The molecule has 18 heavy (non-hydrogen) atoms. The second kappa shape index (κ2) is 5.40.